The zero-order valence-electron chi connectivity index (χ0n) is 13.5. The molecule has 0 spiro atoms. The summed E-state index contributed by atoms with van der Waals surface area (Å²) in [6.07, 6.45) is 2.30. The van der Waals surface area contributed by atoms with Crippen LogP contribution >= 0.6 is 15.9 Å². The Morgan fingerprint density at radius 2 is 1.86 bits per heavy atom. The molecule has 0 fully saturated rings. The van der Waals surface area contributed by atoms with Gasteiger partial charge in [0.25, 0.3) is 0 Å². The summed E-state index contributed by atoms with van der Waals surface area (Å²) in [6, 6.07) is 3.01. The summed E-state index contributed by atoms with van der Waals surface area (Å²) in [6.45, 7) is 8.01. The van der Waals surface area contributed by atoms with Gasteiger partial charge in [0.2, 0.25) is 0 Å². The van der Waals surface area contributed by atoms with Gasteiger partial charge in [-0.25, -0.2) is 9.59 Å². The van der Waals surface area contributed by atoms with E-state index in [2.05, 4.69) is 29.8 Å². The van der Waals surface area contributed by atoms with Gasteiger partial charge in [-0.05, 0) is 49.8 Å². The molecular formula is C17H23BrO4. The minimum atomic E-state index is -1.14. The Kier molecular flexibility index (Phi) is 7.07. The largest absolute Gasteiger partial charge is 0.478 e. The highest BCUT2D eigenvalue weighted by Crippen LogP contribution is 2.23. The fourth-order valence-electron chi connectivity index (χ4n) is 2.11. The molecule has 1 atom stereocenters. The molecule has 0 heterocycles. The first-order chi connectivity index (χ1) is 10.3. The number of halogens is 1. The molecule has 1 aromatic rings. The smallest absolute Gasteiger partial charge is 0.339 e. The van der Waals surface area contributed by atoms with Crippen molar-refractivity contribution in [2.24, 2.45) is 5.92 Å². The number of aryl methyl sites for hydroxylation is 1. The average Bonchev–Trinajstić information content (AvgIpc) is 2.45. The van der Waals surface area contributed by atoms with Crippen LogP contribution in [0.25, 0.3) is 0 Å². The Balaban J connectivity index is 2.96. The lowest BCUT2D eigenvalue weighted by Crippen LogP contribution is -2.20. The number of ether oxygens (including phenoxy) is 1. The molecule has 1 aromatic carbocycles. The van der Waals surface area contributed by atoms with E-state index >= 15 is 0 Å². The van der Waals surface area contributed by atoms with E-state index in [1.165, 1.54) is 6.07 Å². The number of hydrogen-bond donors (Lipinski definition) is 1. The van der Waals surface area contributed by atoms with E-state index in [4.69, 9.17) is 4.74 Å². The van der Waals surface area contributed by atoms with Gasteiger partial charge in [-0.3, -0.25) is 0 Å². The summed E-state index contributed by atoms with van der Waals surface area (Å²) in [5, 5.41) is 9.27. The number of aromatic carboxylic acids is 1. The summed E-state index contributed by atoms with van der Waals surface area (Å²) < 4.78 is 6.16. The van der Waals surface area contributed by atoms with Crippen molar-refractivity contribution in [2.75, 3.05) is 0 Å². The maximum absolute atomic E-state index is 12.3. The average molecular weight is 371 g/mol. The first kappa shape index (κ1) is 18.7. The molecule has 0 saturated carbocycles. The summed E-state index contributed by atoms with van der Waals surface area (Å²) >= 11 is 3.29. The maximum atomic E-state index is 12.3. The zero-order valence-corrected chi connectivity index (χ0v) is 15.1. The SMILES string of the molecule is CCC(CCC(C)C)OC(=O)c1cc(C)c(Br)cc1C(=O)O. The lowest BCUT2D eigenvalue weighted by atomic mass is 10.0. The first-order valence-electron chi connectivity index (χ1n) is 7.50. The third-order valence-electron chi connectivity index (χ3n) is 3.54. The Morgan fingerprint density at radius 1 is 1.23 bits per heavy atom. The minimum Gasteiger partial charge on any atom is -0.478 e. The van der Waals surface area contributed by atoms with Crippen LogP contribution in [0.1, 0.15) is 66.3 Å². The number of benzene rings is 1. The Labute approximate surface area is 140 Å². The van der Waals surface area contributed by atoms with Gasteiger partial charge in [-0.2, -0.15) is 0 Å². The maximum Gasteiger partial charge on any atom is 0.339 e. The summed E-state index contributed by atoms with van der Waals surface area (Å²) in [7, 11) is 0. The molecule has 1 N–H and O–H groups in total. The second-order valence-corrected chi connectivity index (χ2v) is 6.71. The lowest BCUT2D eigenvalue weighted by molar-refractivity contribution is 0.0255. The van der Waals surface area contributed by atoms with E-state index in [1.54, 1.807) is 6.07 Å². The predicted octanol–water partition coefficient (Wildman–Crippen LogP) is 4.83. The van der Waals surface area contributed by atoms with Gasteiger partial charge in [0.1, 0.15) is 6.10 Å². The minimum absolute atomic E-state index is 0.0406. The van der Waals surface area contributed by atoms with E-state index in [0.717, 1.165) is 24.8 Å². The van der Waals surface area contributed by atoms with Crippen molar-refractivity contribution in [2.45, 2.75) is 53.1 Å². The molecule has 0 aliphatic rings. The number of rotatable bonds is 7. The monoisotopic (exact) mass is 370 g/mol. The van der Waals surface area contributed by atoms with Crippen LogP contribution in [0.5, 0.6) is 0 Å². The molecule has 4 nitrogen and oxygen atoms in total. The molecule has 0 aliphatic heterocycles. The number of carboxylic acid groups (broad SMARTS) is 1. The van der Waals surface area contributed by atoms with Gasteiger partial charge in [0, 0.05) is 4.47 Å². The number of hydrogen-bond acceptors (Lipinski definition) is 3. The molecule has 122 valence electrons. The molecule has 5 heteroatoms. The van der Waals surface area contributed by atoms with Crippen molar-refractivity contribution >= 4 is 27.9 Å². The fourth-order valence-corrected chi connectivity index (χ4v) is 2.45. The van der Waals surface area contributed by atoms with Gasteiger partial charge in [-0.1, -0.05) is 36.7 Å². The molecule has 1 unspecified atom stereocenters. The second-order valence-electron chi connectivity index (χ2n) is 5.86. The van der Waals surface area contributed by atoms with Gasteiger partial charge < -0.3 is 9.84 Å². The molecule has 0 radical (unpaired) electrons. The van der Waals surface area contributed by atoms with Crippen LogP contribution in [-0.2, 0) is 4.74 Å². The molecule has 0 aromatic heterocycles. The van der Waals surface area contributed by atoms with E-state index in [-0.39, 0.29) is 17.2 Å². The lowest BCUT2D eigenvalue weighted by Gasteiger charge is -2.18. The van der Waals surface area contributed by atoms with E-state index in [9.17, 15) is 14.7 Å². The second kappa shape index (κ2) is 8.32. The normalized spacial score (nSPS) is 12.3. The number of carboxylic acids is 1. The first-order valence-corrected chi connectivity index (χ1v) is 8.29. The standard InChI is InChI=1S/C17H23BrO4/c1-5-12(7-6-10(2)3)22-17(21)14-8-11(4)15(18)9-13(14)16(19)20/h8-10,12H,5-7H2,1-4H3,(H,19,20). The third-order valence-corrected chi connectivity index (χ3v) is 4.40. The molecule has 0 bridgehead atoms. The van der Waals surface area contributed by atoms with Crippen molar-refractivity contribution in [3.05, 3.63) is 33.3 Å². The van der Waals surface area contributed by atoms with E-state index in [0.29, 0.717) is 10.4 Å². The number of esters is 1. The zero-order chi connectivity index (χ0) is 16.9. The van der Waals surface area contributed by atoms with Crippen LogP contribution < -0.4 is 0 Å². The number of carbonyl (C=O) groups excluding carboxylic acids is 1. The van der Waals surface area contributed by atoms with E-state index in [1.807, 2.05) is 13.8 Å². The highest BCUT2D eigenvalue weighted by atomic mass is 79.9. The third kappa shape index (κ3) is 5.13. The Morgan fingerprint density at radius 3 is 2.36 bits per heavy atom. The van der Waals surface area contributed by atoms with Crippen molar-refractivity contribution in [1.82, 2.24) is 0 Å². The molecule has 1 rings (SSSR count). The number of carbonyl (C=O) groups is 2. The summed E-state index contributed by atoms with van der Waals surface area (Å²) in [5.74, 6) is -1.16. The van der Waals surface area contributed by atoms with Crippen LogP contribution in [-0.4, -0.2) is 23.1 Å². The van der Waals surface area contributed by atoms with Crippen molar-refractivity contribution in [1.29, 1.82) is 0 Å². The summed E-state index contributed by atoms with van der Waals surface area (Å²) in [5.41, 5.74) is 0.865. The topological polar surface area (TPSA) is 63.6 Å². The van der Waals surface area contributed by atoms with E-state index < -0.39 is 11.9 Å². The van der Waals surface area contributed by atoms with Crippen LogP contribution in [0.3, 0.4) is 0 Å². The van der Waals surface area contributed by atoms with Crippen LogP contribution in [0.2, 0.25) is 0 Å². The van der Waals surface area contributed by atoms with Crippen molar-refractivity contribution in [3.63, 3.8) is 0 Å². The molecule has 0 saturated heterocycles. The highest BCUT2D eigenvalue weighted by molar-refractivity contribution is 9.10. The van der Waals surface area contributed by atoms with Crippen molar-refractivity contribution < 1.29 is 19.4 Å². The van der Waals surface area contributed by atoms with Gasteiger partial charge in [0.05, 0.1) is 11.1 Å². The van der Waals surface area contributed by atoms with Crippen LogP contribution in [0.15, 0.2) is 16.6 Å². The van der Waals surface area contributed by atoms with Crippen LogP contribution in [0, 0.1) is 12.8 Å². The molecule has 22 heavy (non-hydrogen) atoms. The highest BCUT2D eigenvalue weighted by Gasteiger charge is 2.22. The Bertz CT molecular complexity index is 552. The fraction of sp³-hybridized carbons (Fsp3) is 0.529. The van der Waals surface area contributed by atoms with Crippen LogP contribution in [0.4, 0.5) is 0 Å². The Hall–Kier alpha value is -1.36. The predicted molar refractivity (Wildman–Crippen MR) is 89.4 cm³/mol. The van der Waals surface area contributed by atoms with Crippen molar-refractivity contribution in [3.8, 4) is 0 Å². The molecular weight excluding hydrogens is 348 g/mol. The van der Waals surface area contributed by atoms with Gasteiger partial charge in [-0.15, -0.1) is 0 Å². The van der Waals surface area contributed by atoms with Gasteiger partial charge >= 0.3 is 11.9 Å². The quantitative estimate of drug-likeness (QED) is 0.698. The summed E-state index contributed by atoms with van der Waals surface area (Å²) in [4.78, 5) is 23.7. The molecule has 0 amide bonds. The van der Waals surface area contributed by atoms with Gasteiger partial charge in [0.15, 0.2) is 0 Å². The molecule has 0 aliphatic carbocycles.